The third-order valence-corrected chi connectivity index (χ3v) is 9.11. The molecule has 43 heavy (non-hydrogen) atoms. The topological polar surface area (TPSA) is 101 Å². The summed E-state index contributed by atoms with van der Waals surface area (Å²) >= 11 is 6.62. The number of carbonyl (C=O) groups excluding carboxylic acids is 1. The van der Waals surface area contributed by atoms with Crippen LogP contribution < -0.4 is 20.5 Å². The highest BCUT2D eigenvalue weighted by atomic mass is 35.5. The molecule has 7 rings (SSSR count). The molecule has 1 amide bonds. The quantitative estimate of drug-likeness (QED) is 0.297. The molecule has 3 aromatic carbocycles. The van der Waals surface area contributed by atoms with E-state index in [-0.39, 0.29) is 58.4 Å². The van der Waals surface area contributed by atoms with E-state index in [0.29, 0.717) is 28.9 Å². The van der Waals surface area contributed by atoms with Gasteiger partial charge in [0.05, 0.1) is 16.7 Å². The Morgan fingerprint density at radius 1 is 1.21 bits per heavy atom. The van der Waals surface area contributed by atoms with Crippen LogP contribution in [0.1, 0.15) is 40.0 Å². The van der Waals surface area contributed by atoms with Crippen LogP contribution in [-0.4, -0.2) is 41.5 Å². The van der Waals surface area contributed by atoms with E-state index >= 15 is 8.78 Å². The number of fused-ring (bicyclic) bond motifs is 4. The van der Waals surface area contributed by atoms with Crippen molar-refractivity contribution in [2.75, 3.05) is 13.7 Å². The molecule has 1 aliphatic carbocycles. The minimum absolute atomic E-state index is 0.0206. The van der Waals surface area contributed by atoms with Crippen LogP contribution in [0.5, 0.6) is 11.5 Å². The minimum atomic E-state index is -0.952. The zero-order valence-electron chi connectivity index (χ0n) is 23.5. The third-order valence-electron chi connectivity index (χ3n) is 8.74. The first-order valence-electron chi connectivity index (χ1n) is 14.0. The molecule has 3 N–H and O–H groups in total. The zero-order chi connectivity index (χ0) is 30.0. The van der Waals surface area contributed by atoms with Gasteiger partial charge in [0.1, 0.15) is 23.9 Å². The maximum absolute atomic E-state index is 16.6. The van der Waals surface area contributed by atoms with Crippen LogP contribution in [-0.2, 0) is 30.4 Å². The number of carbonyl (C=O) groups is 1. The van der Waals surface area contributed by atoms with E-state index in [4.69, 9.17) is 31.5 Å². The number of nitrogens with one attached hydrogen (secondary N) is 1. The number of halogens is 3. The van der Waals surface area contributed by atoms with Gasteiger partial charge in [0.2, 0.25) is 5.91 Å². The van der Waals surface area contributed by atoms with E-state index in [1.54, 1.807) is 25.0 Å². The molecule has 3 aliphatic rings. The van der Waals surface area contributed by atoms with Crippen LogP contribution in [0, 0.1) is 11.6 Å². The normalized spacial score (nSPS) is 21.7. The van der Waals surface area contributed by atoms with Gasteiger partial charge in [0.15, 0.2) is 17.2 Å². The van der Waals surface area contributed by atoms with E-state index in [1.165, 1.54) is 12.1 Å². The molecule has 0 bridgehead atoms. The summed E-state index contributed by atoms with van der Waals surface area (Å²) in [7, 11) is 3.44. The van der Waals surface area contributed by atoms with Crippen molar-refractivity contribution in [3.05, 3.63) is 87.7 Å². The van der Waals surface area contributed by atoms with E-state index in [1.807, 2.05) is 30.3 Å². The van der Waals surface area contributed by atoms with Crippen molar-refractivity contribution < 1.29 is 27.8 Å². The first-order chi connectivity index (χ1) is 20.7. The van der Waals surface area contributed by atoms with Gasteiger partial charge < -0.3 is 25.3 Å². The molecular formula is C32H29ClF2N4O4. The lowest BCUT2D eigenvalue weighted by Crippen LogP contribution is -2.51. The predicted molar refractivity (Wildman–Crippen MR) is 156 cm³/mol. The molecule has 1 saturated carbocycles. The molecule has 4 aromatic rings. The van der Waals surface area contributed by atoms with Crippen LogP contribution in [0.15, 0.2) is 48.7 Å². The van der Waals surface area contributed by atoms with Crippen molar-refractivity contribution in [3.8, 4) is 33.8 Å². The maximum atomic E-state index is 16.6. The fraction of sp³-hybridized carbons (Fsp3) is 0.312. The SMILES string of the molecule is COC1CC(NC[C@@]2(c3ccccc3)Cc3c(cc(F)c(Cl)c3-c3c(C(N)=O)cc4c(c3F)OCc3nn(C)cc3-4)O2)C1. The van der Waals surface area contributed by atoms with Gasteiger partial charge >= 0.3 is 0 Å². The molecule has 1 atom stereocenters. The number of rotatable bonds is 7. The van der Waals surface area contributed by atoms with Crippen molar-refractivity contribution in [3.63, 3.8) is 0 Å². The lowest BCUT2D eigenvalue weighted by atomic mass is 9.83. The largest absolute Gasteiger partial charge is 0.483 e. The number of aromatic nitrogens is 2. The number of benzene rings is 3. The molecule has 0 unspecified atom stereocenters. The van der Waals surface area contributed by atoms with Gasteiger partial charge in [0, 0.05) is 73.2 Å². The molecule has 8 nitrogen and oxygen atoms in total. The molecule has 2 aliphatic heterocycles. The molecule has 222 valence electrons. The summed E-state index contributed by atoms with van der Waals surface area (Å²) in [6.07, 6.45) is 3.88. The van der Waals surface area contributed by atoms with E-state index in [0.717, 1.165) is 18.4 Å². The van der Waals surface area contributed by atoms with Crippen molar-refractivity contribution in [2.24, 2.45) is 12.8 Å². The smallest absolute Gasteiger partial charge is 0.249 e. The Balaban J connectivity index is 1.38. The fourth-order valence-corrected chi connectivity index (χ4v) is 6.72. The number of hydrogen-bond donors (Lipinski definition) is 2. The number of amides is 1. The summed E-state index contributed by atoms with van der Waals surface area (Å²) in [5.41, 5.74) is 7.41. The maximum Gasteiger partial charge on any atom is 0.249 e. The van der Waals surface area contributed by atoms with E-state index < -0.39 is 23.1 Å². The Kier molecular flexibility index (Phi) is 6.68. The molecule has 3 heterocycles. The standard InChI is InChI=1S/C32H29ClF2N4O4/c1-39-13-22-19-10-20(31(36)40)27(29(35)30(19)42-14-24(22)38-39)26-21-12-32(16-6-4-3-5-7-16,15-37-17-8-18(9-17)41-2)43-25(21)11-23(34)28(26)33/h3-7,10-11,13,17-18,37H,8-9,12,14-15H2,1-2H3,(H2,36,40)/t17?,18?,32-/m1/s1. The highest BCUT2D eigenvalue weighted by Gasteiger charge is 2.45. The Hall–Kier alpha value is -3.99. The molecule has 1 fully saturated rings. The van der Waals surface area contributed by atoms with Crippen LogP contribution in [0.4, 0.5) is 8.78 Å². The third kappa shape index (κ3) is 4.47. The van der Waals surface area contributed by atoms with Crippen molar-refractivity contribution in [1.82, 2.24) is 15.1 Å². The number of aryl methyl sites for hydroxylation is 1. The van der Waals surface area contributed by atoms with Gasteiger partial charge in [-0.3, -0.25) is 9.48 Å². The van der Waals surface area contributed by atoms with Crippen LogP contribution in [0.3, 0.4) is 0 Å². The average Bonchev–Trinajstić information content (AvgIpc) is 3.54. The first-order valence-corrected chi connectivity index (χ1v) is 14.4. The molecule has 0 saturated heterocycles. The highest BCUT2D eigenvalue weighted by molar-refractivity contribution is 6.34. The highest BCUT2D eigenvalue weighted by Crippen LogP contribution is 2.52. The van der Waals surface area contributed by atoms with Crippen molar-refractivity contribution in [1.29, 1.82) is 0 Å². The number of ether oxygens (including phenoxy) is 3. The summed E-state index contributed by atoms with van der Waals surface area (Å²) in [6.45, 7) is 0.426. The van der Waals surface area contributed by atoms with Crippen molar-refractivity contribution >= 4 is 17.5 Å². The summed E-state index contributed by atoms with van der Waals surface area (Å²) in [5.74, 6) is -2.42. The fourth-order valence-electron chi connectivity index (χ4n) is 6.46. The van der Waals surface area contributed by atoms with Gasteiger partial charge in [-0.05, 0) is 24.5 Å². The lowest BCUT2D eigenvalue weighted by molar-refractivity contribution is 0.00745. The Bertz CT molecular complexity index is 1770. The molecule has 1 aromatic heterocycles. The van der Waals surface area contributed by atoms with Gasteiger partial charge in [-0.15, -0.1) is 0 Å². The summed E-state index contributed by atoms with van der Waals surface area (Å²) in [4.78, 5) is 12.9. The lowest BCUT2D eigenvalue weighted by Gasteiger charge is -2.38. The Labute approximate surface area is 251 Å². The molecule has 11 heteroatoms. The van der Waals surface area contributed by atoms with Crippen LogP contribution in [0.25, 0.3) is 22.3 Å². The second-order valence-electron chi connectivity index (χ2n) is 11.4. The summed E-state index contributed by atoms with van der Waals surface area (Å²) in [5, 5.41) is 7.59. The number of hydrogen-bond acceptors (Lipinski definition) is 6. The Morgan fingerprint density at radius 3 is 2.70 bits per heavy atom. The predicted octanol–water partition coefficient (Wildman–Crippen LogP) is 5.27. The molecule has 0 spiro atoms. The van der Waals surface area contributed by atoms with Gasteiger partial charge in [-0.1, -0.05) is 41.9 Å². The van der Waals surface area contributed by atoms with Crippen LogP contribution >= 0.6 is 11.6 Å². The van der Waals surface area contributed by atoms with Gasteiger partial charge in [0.25, 0.3) is 0 Å². The second-order valence-corrected chi connectivity index (χ2v) is 11.8. The molecule has 0 radical (unpaired) electrons. The zero-order valence-corrected chi connectivity index (χ0v) is 24.3. The molecular weight excluding hydrogens is 578 g/mol. The number of methoxy groups -OCH3 is 1. The van der Waals surface area contributed by atoms with Crippen molar-refractivity contribution in [2.45, 2.75) is 43.6 Å². The average molecular weight is 607 g/mol. The van der Waals surface area contributed by atoms with E-state index in [2.05, 4.69) is 10.4 Å². The number of primary amides is 1. The van der Waals surface area contributed by atoms with E-state index in [9.17, 15) is 4.79 Å². The number of nitrogens with two attached hydrogens (primary N) is 1. The number of nitrogens with zero attached hydrogens (tertiary/aromatic N) is 2. The monoisotopic (exact) mass is 606 g/mol. The Morgan fingerprint density at radius 2 is 1.98 bits per heavy atom. The summed E-state index contributed by atoms with van der Waals surface area (Å²) < 4.78 is 51.5. The van der Waals surface area contributed by atoms with Gasteiger partial charge in [-0.2, -0.15) is 5.10 Å². The first kappa shape index (κ1) is 27.8. The van der Waals surface area contributed by atoms with Gasteiger partial charge in [-0.25, -0.2) is 8.78 Å². The second kappa shape index (κ2) is 10.3. The summed E-state index contributed by atoms with van der Waals surface area (Å²) in [6, 6.07) is 12.5. The van der Waals surface area contributed by atoms with Crippen LogP contribution in [0.2, 0.25) is 5.02 Å². The minimum Gasteiger partial charge on any atom is -0.483 e.